The molecular formula is C46H48N8O5. The summed E-state index contributed by atoms with van der Waals surface area (Å²) in [7, 11) is 0. The molecule has 0 aliphatic carbocycles. The van der Waals surface area contributed by atoms with Gasteiger partial charge in [-0.3, -0.25) is 44.1 Å². The molecule has 5 aromatic rings. The van der Waals surface area contributed by atoms with Crippen LogP contribution in [0.3, 0.4) is 0 Å². The van der Waals surface area contributed by atoms with E-state index in [1.165, 1.54) is 12.8 Å². The highest BCUT2D eigenvalue weighted by atomic mass is 16.2. The van der Waals surface area contributed by atoms with Crippen molar-refractivity contribution in [1.29, 1.82) is 0 Å². The lowest BCUT2D eigenvalue weighted by Gasteiger charge is -2.34. The Morgan fingerprint density at radius 3 is 2.44 bits per heavy atom. The van der Waals surface area contributed by atoms with Crippen molar-refractivity contribution >= 4 is 51.9 Å². The van der Waals surface area contributed by atoms with Gasteiger partial charge in [0.25, 0.3) is 17.7 Å². The van der Waals surface area contributed by atoms with E-state index in [4.69, 9.17) is 9.97 Å². The van der Waals surface area contributed by atoms with E-state index < -0.39 is 23.8 Å². The van der Waals surface area contributed by atoms with Crippen molar-refractivity contribution in [1.82, 2.24) is 30.1 Å². The number of amides is 5. The summed E-state index contributed by atoms with van der Waals surface area (Å²) in [5.41, 5.74) is 7.51. The molecule has 1 unspecified atom stereocenters. The van der Waals surface area contributed by atoms with Gasteiger partial charge >= 0.3 is 0 Å². The van der Waals surface area contributed by atoms with Gasteiger partial charge in [0.2, 0.25) is 11.8 Å². The molecule has 2 atom stereocenters. The fraction of sp³-hybridized carbons (Fsp3) is 0.370. The van der Waals surface area contributed by atoms with E-state index in [9.17, 15) is 24.0 Å². The number of carbonyl (C=O) groups is 5. The first-order valence-corrected chi connectivity index (χ1v) is 20.9. The third kappa shape index (κ3) is 7.86. The first-order chi connectivity index (χ1) is 28.7. The lowest BCUT2D eigenvalue weighted by Crippen LogP contribution is -2.54. The number of benzene rings is 3. The molecule has 3 fully saturated rings. The van der Waals surface area contributed by atoms with Crippen LogP contribution in [0.15, 0.2) is 79.0 Å². The second kappa shape index (κ2) is 16.2. The third-order valence-corrected chi connectivity index (χ3v) is 12.6. The number of piperidine rings is 2. The number of imidazole rings is 1. The van der Waals surface area contributed by atoms with Gasteiger partial charge in [0.05, 0.1) is 34.4 Å². The Labute approximate surface area is 342 Å². The molecule has 0 saturated carbocycles. The van der Waals surface area contributed by atoms with Crippen molar-refractivity contribution in [3.8, 4) is 11.1 Å². The minimum Gasteiger partial charge on any atom is -0.371 e. The number of pyridine rings is 1. The summed E-state index contributed by atoms with van der Waals surface area (Å²) in [6.45, 7) is 5.71. The van der Waals surface area contributed by atoms with Gasteiger partial charge in [0.1, 0.15) is 11.9 Å². The van der Waals surface area contributed by atoms with Gasteiger partial charge in [-0.1, -0.05) is 24.3 Å². The molecule has 0 radical (unpaired) electrons. The fourth-order valence-corrected chi connectivity index (χ4v) is 9.19. The second-order valence-electron chi connectivity index (χ2n) is 16.4. The monoisotopic (exact) mass is 792 g/mol. The fourth-order valence-electron chi connectivity index (χ4n) is 9.19. The number of nitrogens with one attached hydrogen (secondary N) is 3. The lowest BCUT2D eigenvalue weighted by molar-refractivity contribution is -0.136. The van der Waals surface area contributed by atoms with Gasteiger partial charge in [-0.25, -0.2) is 4.98 Å². The summed E-state index contributed by atoms with van der Waals surface area (Å²) in [5, 5.41) is 5.29. The third-order valence-electron chi connectivity index (χ3n) is 12.6. The minimum atomic E-state index is -0.977. The molecule has 4 aliphatic heterocycles. The normalized spacial score (nSPS) is 20.1. The van der Waals surface area contributed by atoms with Crippen molar-refractivity contribution in [3.05, 3.63) is 107 Å². The number of aromatic nitrogens is 3. The van der Waals surface area contributed by atoms with Crippen LogP contribution < -0.4 is 15.5 Å². The second-order valence-corrected chi connectivity index (χ2v) is 16.4. The highest BCUT2D eigenvalue weighted by molar-refractivity contribution is 6.25. The van der Waals surface area contributed by atoms with Crippen LogP contribution >= 0.6 is 0 Å². The average Bonchev–Trinajstić information content (AvgIpc) is 3.92. The molecule has 302 valence electrons. The summed E-state index contributed by atoms with van der Waals surface area (Å²) >= 11 is 0. The van der Waals surface area contributed by atoms with Crippen LogP contribution in [0.4, 0.5) is 11.4 Å². The van der Waals surface area contributed by atoms with Gasteiger partial charge in [-0.05, 0) is 125 Å². The maximum Gasteiger partial charge on any atom is 0.264 e. The SMILES string of the molecule is C[C@H]1CCCN1Cc1nc2ccc(NC(=O)c3ccc(-c4ccc(CCCC5CCN(c6cccc7c6C(=O)N(C6CCC(=O)NC6=O)C7=O)CC5)nc4)cc3)cc2[nH]1. The first kappa shape index (κ1) is 38.3. The quantitative estimate of drug-likeness (QED) is 0.127. The van der Waals surface area contributed by atoms with Gasteiger partial charge in [0.15, 0.2) is 0 Å². The van der Waals surface area contributed by atoms with Crippen molar-refractivity contribution < 1.29 is 24.0 Å². The highest BCUT2D eigenvalue weighted by Gasteiger charge is 2.46. The van der Waals surface area contributed by atoms with Gasteiger partial charge in [0, 0.05) is 54.3 Å². The molecule has 0 bridgehead atoms. The molecule has 9 rings (SSSR count). The number of aromatic amines is 1. The van der Waals surface area contributed by atoms with E-state index in [-0.39, 0.29) is 24.7 Å². The Bertz CT molecular complexity index is 2440. The van der Waals surface area contributed by atoms with E-state index in [2.05, 4.69) is 44.5 Å². The van der Waals surface area contributed by atoms with E-state index in [1.54, 1.807) is 12.1 Å². The Morgan fingerprint density at radius 2 is 1.69 bits per heavy atom. The van der Waals surface area contributed by atoms with Crippen LogP contribution in [-0.2, 0) is 22.6 Å². The van der Waals surface area contributed by atoms with E-state index >= 15 is 0 Å². The predicted octanol–water partition coefficient (Wildman–Crippen LogP) is 6.50. The maximum atomic E-state index is 13.6. The molecule has 2 aromatic heterocycles. The number of hydrogen-bond acceptors (Lipinski definition) is 9. The predicted molar refractivity (Wildman–Crippen MR) is 224 cm³/mol. The average molecular weight is 793 g/mol. The zero-order valence-corrected chi connectivity index (χ0v) is 33.2. The molecule has 59 heavy (non-hydrogen) atoms. The van der Waals surface area contributed by atoms with Gasteiger partial charge in [-0.2, -0.15) is 0 Å². The molecule has 3 aromatic carbocycles. The Hall–Kier alpha value is -6.21. The molecule has 3 saturated heterocycles. The molecule has 3 N–H and O–H groups in total. The number of likely N-dealkylation sites (tertiary alicyclic amines) is 1. The molecular weight excluding hydrogens is 745 g/mol. The van der Waals surface area contributed by atoms with Gasteiger partial charge < -0.3 is 15.2 Å². The van der Waals surface area contributed by atoms with Crippen molar-refractivity contribution in [3.63, 3.8) is 0 Å². The van der Waals surface area contributed by atoms with Crippen molar-refractivity contribution in [2.45, 2.75) is 83.3 Å². The van der Waals surface area contributed by atoms with Crippen LogP contribution in [0.1, 0.15) is 101 Å². The van der Waals surface area contributed by atoms with Crippen molar-refractivity contribution in [2.75, 3.05) is 29.9 Å². The number of H-pyrrole nitrogens is 1. The number of aryl methyl sites for hydroxylation is 1. The smallest absolute Gasteiger partial charge is 0.264 e. The molecule has 5 amide bonds. The zero-order valence-electron chi connectivity index (χ0n) is 33.2. The van der Waals surface area contributed by atoms with Crippen LogP contribution in [0.25, 0.3) is 22.2 Å². The largest absolute Gasteiger partial charge is 0.371 e. The lowest BCUT2D eigenvalue weighted by atomic mass is 9.90. The first-order valence-electron chi connectivity index (χ1n) is 20.9. The summed E-state index contributed by atoms with van der Waals surface area (Å²) < 4.78 is 0. The highest BCUT2D eigenvalue weighted by Crippen LogP contribution is 2.36. The number of nitrogens with zero attached hydrogens (tertiary/aromatic N) is 5. The maximum absolute atomic E-state index is 13.6. The summed E-state index contributed by atoms with van der Waals surface area (Å²) in [6.07, 6.45) is 9.49. The molecule has 4 aliphatic rings. The summed E-state index contributed by atoms with van der Waals surface area (Å²) in [4.78, 5) is 82.9. The summed E-state index contributed by atoms with van der Waals surface area (Å²) in [6, 6.07) is 22.4. The van der Waals surface area contributed by atoms with Crippen LogP contribution in [0, 0.1) is 5.92 Å². The van der Waals surface area contributed by atoms with Crippen molar-refractivity contribution in [2.24, 2.45) is 5.92 Å². The van der Waals surface area contributed by atoms with Crippen LogP contribution in [0.2, 0.25) is 0 Å². The molecule has 13 heteroatoms. The zero-order chi connectivity index (χ0) is 40.6. The number of imide groups is 2. The minimum absolute atomic E-state index is 0.0925. The summed E-state index contributed by atoms with van der Waals surface area (Å²) in [5.74, 6) is -0.616. The molecule has 6 heterocycles. The number of fused-ring (bicyclic) bond motifs is 2. The Balaban J connectivity index is 0.739. The molecule has 13 nitrogen and oxygen atoms in total. The van der Waals surface area contributed by atoms with E-state index in [0.717, 1.165) is 108 Å². The number of carbonyl (C=O) groups excluding carboxylic acids is 5. The Morgan fingerprint density at radius 1 is 0.881 bits per heavy atom. The number of hydrogen-bond donors (Lipinski definition) is 3. The Kier molecular flexibility index (Phi) is 10.5. The van der Waals surface area contributed by atoms with E-state index in [1.807, 2.05) is 54.7 Å². The number of anilines is 2. The van der Waals surface area contributed by atoms with Crippen LogP contribution in [0.5, 0.6) is 0 Å². The number of rotatable bonds is 11. The molecule has 0 spiro atoms. The van der Waals surface area contributed by atoms with Gasteiger partial charge in [-0.15, -0.1) is 0 Å². The van der Waals surface area contributed by atoms with Crippen LogP contribution in [-0.4, -0.2) is 86.0 Å². The topological polar surface area (TPSA) is 161 Å². The standard InChI is InChI=1S/C46H48N8O5/c1-28-5-4-22-53(28)27-40-49-36-17-16-34(25-37(36)50-40)48-43(56)31-12-10-30(11-13-31)32-14-15-33(47-26-32)7-2-6-29-20-23-52(24-21-29)38-9-3-8-35-42(38)46(59)54(45(35)58)39-18-19-41(55)51-44(39)57/h3,8-17,25-26,28-29,39H,2,4-7,18-24,27H2,1H3,(H,48,56)(H,49,50)(H,51,55,57)/t28-,39?/m0/s1. The van der Waals surface area contributed by atoms with E-state index in [0.29, 0.717) is 28.7 Å².